The van der Waals surface area contributed by atoms with Crippen LogP contribution in [0.15, 0.2) is 209 Å². The Morgan fingerprint density at radius 1 is 0.309 bits per heavy atom. The van der Waals surface area contributed by atoms with Gasteiger partial charge in [0.25, 0.3) is 0 Å². The molecule has 2 heterocycles. The van der Waals surface area contributed by atoms with E-state index in [0.29, 0.717) is 0 Å². The maximum absolute atomic E-state index is 6.36. The summed E-state index contributed by atoms with van der Waals surface area (Å²) >= 11 is 0. The minimum Gasteiger partial charge on any atom is -0.456 e. The lowest BCUT2D eigenvalue weighted by atomic mass is 9.97. The highest BCUT2D eigenvalue weighted by Gasteiger charge is 2.20. The maximum atomic E-state index is 6.36. The summed E-state index contributed by atoms with van der Waals surface area (Å²) in [7, 11) is 0. The summed E-state index contributed by atoms with van der Waals surface area (Å²) in [5.74, 6) is 0. The molecule has 0 aliphatic carbocycles. The van der Waals surface area contributed by atoms with Crippen molar-refractivity contribution >= 4 is 71.7 Å². The Balaban J connectivity index is 1.06. The Kier molecular flexibility index (Phi) is 7.17. The van der Waals surface area contributed by atoms with Crippen LogP contribution in [0.3, 0.4) is 0 Å². The highest BCUT2D eigenvalue weighted by atomic mass is 16.3. The number of fused-ring (bicyclic) bond motifs is 7. The summed E-state index contributed by atoms with van der Waals surface area (Å²) in [6, 6.07) is 71.0. The normalized spacial score (nSPS) is 11.6. The summed E-state index contributed by atoms with van der Waals surface area (Å²) in [6.45, 7) is 0. The Bertz CT molecular complexity index is 3200. The van der Waals surface area contributed by atoms with Gasteiger partial charge in [-0.1, -0.05) is 140 Å². The van der Waals surface area contributed by atoms with Crippen LogP contribution >= 0.6 is 0 Å². The molecule has 2 aromatic heterocycles. The van der Waals surface area contributed by atoms with Crippen molar-refractivity contribution in [3.63, 3.8) is 0 Å². The average molecular weight is 704 g/mol. The van der Waals surface area contributed by atoms with Gasteiger partial charge in [-0.15, -0.1) is 0 Å². The van der Waals surface area contributed by atoms with Gasteiger partial charge in [0.2, 0.25) is 0 Å². The van der Waals surface area contributed by atoms with Crippen LogP contribution in [0, 0.1) is 0 Å². The molecule has 0 radical (unpaired) electrons. The van der Waals surface area contributed by atoms with E-state index in [1.165, 1.54) is 21.9 Å². The molecule has 11 aromatic rings. The molecular formula is C52H33NO2. The Labute approximate surface area is 317 Å². The second-order valence-electron chi connectivity index (χ2n) is 14.1. The monoisotopic (exact) mass is 703 g/mol. The third-order valence-corrected chi connectivity index (χ3v) is 10.9. The molecule has 0 bridgehead atoms. The van der Waals surface area contributed by atoms with Crippen molar-refractivity contribution in [3.05, 3.63) is 200 Å². The highest BCUT2D eigenvalue weighted by molar-refractivity contribution is 6.12. The van der Waals surface area contributed by atoms with Crippen LogP contribution in [0.25, 0.3) is 88.0 Å². The molecular weight excluding hydrogens is 671 g/mol. The van der Waals surface area contributed by atoms with Crippen molar-refractivity contribution in [2.45, 2.75) is 0 Å². The van der Waals surface area contributed by atoms with Gasteiger partial charge in [-0.2, -0.15) is 0 Å². The number of para-hydroxylation sites is 3. The molecule has 0 spiro atoms. The van der Waals surface area contributed by atoms with Gasteiger partial charge in [-0.3, -0.25) is 0 Å². The Morgan fingerprint density at radius 3 is 1.62 bits per heavy atom. The van der Waals surface area contributed by atoms with Crippen LogP contribution in [-0.2, 0) is 0 Å². The fourth-order valence-corrected chi connectivity index (χ4v) is 8.31. The van der Waals surface area contributed by atoms with E-state index in [0.717, 1.165) is 83.2 Å². The van der Waals surface area contributed by atoms with Gasteiger partial charge >= 0.3 is 0 Å². The van der Waals surface area contributed by atoms with Gasteiger partial charge in [0.05, 0.1) is 5.69 Å². The number of benzene rings is 9. The van der Waals surface area contributed by atoms with Crippen molar-refractivity contribution in [1.82, 2.24) is 0 Å². The number of rotatable bonds is 6. The number of nitrogens with zero attached hydrogens (tertiary/aromatic N) is 1. The van der Waals surface area contributed by atoms with E-state index in [2.05, 4.69) is 181 Å². The van der Waals surface area contributed by atoms with Gasteiger partial charge in [-0.05, 0) is 99.3 Å². The van der Waals surface area contributed by atoms with E-state index in [-0.39, 0.29) is 0 Å². The van der Waals surface area contributed by atoms with E-state index < -0.39 is 0 Å². The molecule has 258 valence electrons. The molecule has 0 amide bonds. The van der Waals surface area contributed by atoms with Gasteiger partial charge in [0.1, 0.15) is 22.3 Å². The molecule has 3 heteroatoms. The molecule has 3 nitrogen and oxygen atoms in total. The Hall–Kier alpha value is -7.36. The fraction of sp³-hybridized carbons (Fsp3) is 0. The van der Waals surface area contributed by atoms with Crippen molar-refractivity contribution in [3.8, 4) is 33.4 Å². The lowest BCUT2D eigenvalue weighted by Crippen LogP contribution is -2.11. The predicted molar refractivity (Wildman–Crippen MR) is 229 cm³/mol. The molecule has 0 fully saturated rings. The van der Waals surface area contributed by atoms with E-state index in [4.69, 9.17) is 8.83 Å². The molecule has 9 aromatic carbocycles. The zero-order valence-electron chi connectivity index (χ0n) is 29.8. The number of hydrogen-bond acceptors (Lipinski definition) is 3. The first kappa shape index (κ1) is 31.2. The summed E-state index contributed by atoms with van der Waals surface area (Å²) in [5, 5.41) is 6.99. The standard InChI is InChI=1S/C52H33NO2/c1-2-13-40-34(11-1)12-9-17-41(40)35-23-28-38(29-24-35)53(39-30-25-36(26-31-39)43-18-10-22-50-52(43)46-16-5-8-21-49(46)54-50)47-19-6-3-14-42(47)37-27-32-45-44-15-4-7-20-48(44)55-51(45)33-37/h1-33H. The largest absolute Gasteiger partial charge is 0.456 e. The van der Waals surface area contributed by atoms with Crippen molar-refractivity contribution in [2.24, 2.45) is 0 Å². The number of anilines is 3. The topological polar surface area (TPSA) is 29.5 Å². The highest BCUT2D eigenvalue weighted by Crippen LogP contribution is 2.44. The molecule has 55 heavy (non-hydrogen) atoms. The second kappa shape index (κ2) is 12.6. The number of hydrogen-bond donors (Lipinski definition) is 0. The molecule has 0 atom stereocenters. The third-order valence-electron chi connectivity index (χ3n) is 10.9. The van der Waals surface area contributed by atoms with E-state index in [1.54, 1.807) is 0 Å². The first-order valence-corrected chi connectivity index (χ1v) is 18.7. The molecule has 0 unspecified atom stereocenters. The van der Waals surface area contributed by atoms with E-state index >= 15 is 0 Å². The fourth-order valence-electron chi connectivity index (χ4n) is 8.31. The average Bonchev–Trinajstić information content (AvgIpc) is 3.83. The first-order valence-electron chi connectivity index (χ1n) is 18.7. The van der Waals surface area contributed by atoms with Crippen LogP contribution in [0.1, 0.15) is 0 Å². The maximum Gasteiger partial charge on any atom is 0.136 e. The summed E-state index contributed by atoms with van der Waals surface area (Å²) in [5.41, 5.74) is 13.7. The minimum atomic E-state index is 0.879. The van der Waals surface area contributed by atoms with Crippen LogP contribution < -0.4 is 4.90 Å². The van der Waals surface area contributed by atoms with Gasteiger partial charge < -0.3 is 13.7 Å². The third kappa shape index (κ3) is 5.20. The lowest BCUT2D eigenvalue weighted by molar-refractivity contribution is 0.668. The molecule has 0 N–H and O–H groups in total. The zero-order chi connectivity index (χ0) is 36.3. The Morgan fingerprint density at radius 2 is 0.818 bits per heavy atom. The molecule has 0 saturated heterocycles. The molecule has 11 rings (SSSR count). The SMILES string of the molecule is c1ccc(N(c2ccc(-c3cccc4ccccc34)cc2)c2ccc(-c3cccc4oc5ccccc5c34)cc2)c(-c2ccc3c(c2)oc2ccccc23)c1. The van der Waals surface area contributed by atoms with E-state index in [1.807, 2.05) is 24.3 Å². The van der Waals surface area contributed by atoms with Gasteiger partial charge in [0.15, 0.2) is 0 Å². The summed E-state index contributed by atoms with van der Waals surface area (Å²) in [6.07, 6.45) is 0. The quantitative estimate of drug-likeness (QED) is 0.173. The minimum absolute atomic E-state index is 0.879. The van der Waals surface area contributed by atoms with Crippen molar-refractivity contribution < 1.29 is 8.83 Å². The smallest absolute Gasteiger partial charge is 0.136 e. The van der Waals surface area contributed by atoms with Crippen molar-refractivity contribution in [2.75, 3.05) is 4.90 Å². The predicted octanol–water partition coefficient (Wildman–Crippen LogP) is 15.1. The van der Waals surface area contributed by atoms with Crippen molar-refractivity contribution in [1.29, 1.82) is 0 Å². The zero-order valence-corrected chi connectivity index (χ0v) is 29.8. The summed E-state index contributed by atoms with van der Waals surface area (Å²) in [4.78, 5) is 2.36. The van der Waals surface area contributed by atoms with Crippen LogP contribution in [0.4, 0.5) is 17.1 Å². The first-order chi connectivity index (χ1) is 27.3. The summed E-state index contributed by atoms with van der Waals surface area (Å²) < 4.78 is 12.6. The van der Waals surface area contributed by atoms with Crippen LogP contribution in [0.2, 0.25) is 0 Å². The molecule has 0 saturated carbocycles. The molecule has 0 aliphatic heterocycles. The van der Waals surface area contributed by atoms with Crippen LogP contribution in [-0.4, -0.2) is 0 Å². The van der Waals surface area contributed by atoms with E-state index in [9.17, 15) is 0 Å². The number of furan rings is 2. The van der Waals surface area contributed by atoms with Gasteiger partial charge in [-0.25, -0.2) is 0 Å². The second-order valence-corrected chi connectivity index (χ2v) is 14.1. The lowest BCUT2D eigenvalue weighted by Gasteiger charge is -2.28. The van der Waals surface area contributed by atoms with Crippen LogP contribution in [0.5, 0.6) is 0 Å². The van der Waals surface area contributed by atoms with Gasteiger partial charge in [0, 0.05) is 38.5 Å². The molecule has 0 aliphatic rings.